The number of amides is 1. The normalized spacial score (nSPS) is 14.3. The number of carbonyl (C=O) groups excluding carboxylic acids is 1. The maximum Gasteiger partial charge on any atom is 0.295 e. The van der Waals surface area contributed by atoms with Crippen molar-refractivity contribution in [3.63, 3.8) is 0 Å². The third-order valence-corrected chi connectivity index (χ3v) is 6.97. The van der Waals surface area contributed by atoms with Crippen molar-refractivity contribution in [1.29, 1.82) is 0 Å². The molecule has 1 fully saturated rings. The van der Waals surface area contributed by atoms with Crippen LogP contribution in [0.15, 0.2) is 71.7 Å². The Balaban J connectivity index is 1.36. The molecule has 0 aliphatic carbocycles. The lowest BCUT2D eigenvalue weighted by molar-refractivity contribution is -0.120. The second-order valence-electron chi connectivity index (χ2n) is 8.82. The molecule has 4 aromatic rings. The second kappa shape index (κ2) is 9.88. The number of carbonyl (C=O) groups is 1. The van der Waals surface area contributed by atoms with Crippen LogP contribution in [0.3, 0.4) is 0 Å². The van der Waals surface area contributed by atoms with Crippen LogP contribution >= 0.6 is 11.6 Å². The fourth-order valence-corrected chi connectivity index (χ4v) is 4.69. The minimum Gasteiger partial charge on any atom is -0.352 e. The highest BCUT2D eigenvalue weighted by atomic mass is 35.5. The number of nitrogens with one attached hydrogen (secondary N) is 1. The highest BCUT2D eigenvalue weighted by molar-refractivity contribution is 6.31. The standard InChI is InChI=1S/C27H26ClN5O2/c1-18-21(28)9-5-10-22(18)31-26(34)20-12-15-32(16-13-20)25-27(35)33(17-19-7-3-2-4-8-19)24-23(30-25)11-6-14-29-24/h2-11,14,20H,12-13,15-17H2,1H3,(H,31,34). The largest absolute Gasteiger partial charge is 0.352 e. The van der Waals surface area contributed by atoms with Gasteiger partial charge in [-0.3, -0.25) is 14.2 Å². The highest BCUT2D eigenvalue weighted by Crippen LogP contribution is 2.26. The van der Waals surface area contributed by atoms with E-state index in [0.29, 0.717) is 54.5 Å². The molecular weight excluding hydrogens is 462 g/mol. The minimum atomic E-state index is -0.169. The molecule has 35 heavy (non-hydrogen) atoms. The van der Waals surface area contributed by atoms with Gasteiger partial charge in [-0.25, -0.2) is 9.97 Å². The van der Waals surface area contributed by atoms with E-state index in [1.54, 1.807) is 10.8 Å². The zero-order valence-corrected chi connectivity index (χ0v) is 20.2. The van der Waals surface area contributed by atoms with Crippen LogP contribution in [0.1, 0.15) is 24.0 Å². The Morgan fingerprint density at radius 2 is 1.83 bits per heavy atom. The first-order valence-electron chi connectivity index (χ1n) is 11.7. The van der Waals surface area contributed by atoms with Gasteiger partial charge < -0.3 is 10.2 Å². The lowest BCUT2D eigenvalue weighted by Crippen LogP contribution is -2.42. The zero-order valence-electron chi connectivity index (χ0n) is 19.4. The first-order valence-corrected chi connectivity index (χ1v) is 12.1. The summed E-state index contributed by atoms with van der Waals surface area (Å²) in [6.45, 7) is 3.46. The molecule has 0 saturated carbocycles. The summed E-state index contributed by atoms with van der Waals surface area (Å²) in [6.07, 6.45) is 2.95. The van der Waals surface area contributed by atoms with Gasteiger partial charge in [-0.1, -0.05) is 48.0 Å². The average Bonchev–Trinajstić information content (AvgIpc) is 2.89. The minimum absolute atomic E-state index is 0.0211. The Kier molecular flexibility index (Phi) is 6.51. The van der Waals surface area contributed by atoms with Crippen molar-refractivity contribution >= 4 is 40.2 Å². The number of hydrogen-bond donors (Lipinski definition) is 1. The molecule has 7 nitrogen and oxygen atoms in total. The summed E-state index contributed by atoms with van der Waals surface area (Å²) in [5.74, 6) is 0.247. The summed E-state index contributed by atoms with van der Waals surface area (Å²) in [7, 11) is 0. The molecule has 8 heteroatoms. The molecule has 1 saturated heterocycles. The average molecular weight is 488 g/mol. The van der Waals surface area contributed by atoms with E-state index < -0.39 is 0 Å². The number of pyridine rings is 1. The predicted octanol–water partition coefficient (Wildman–Crippen LogP) is 4.66. The van der Waals surface area contributed by atoms with Gasteiger partial charge in [-0.15, -0.1) is 0 Å². The molecule has 1 aliphatic heterocycles. The van der Waals surface area contributed by atoms with E-state index in [1.165, 1.54) is 0 Å². The van der Waals surface area contributed by atoms with Gasteiger partial charge in [-0.05, 0) is 55.2 Å². The molecule has 0 radical (unpaired) electrons. The van der Waals surface area contributed by atoms with Gasteiger partial charge in [0.25, 0.3) is 5.56 Å². The van der Waals surface area contributed by atoms with E-state index in [9.17, 15) is 9.59 Å². The number of anilines is 2. The van der Waals surface area contributed by atoms with Gasteiger partial charge in [-0.2, -0.15) is 0 Å². The first-order chi connectivity index (χ1) is 17.0. The molecule has 1 amide bonds. The van der Waals surface area contributed by atoms with Crippen LogP contribution in [0, 0.1) is 12.8 Å². The van der Waals surface area contributed by atoms with Crippen LogP contribution in [0.25, 0.3) is 11.2 Å². The predicted molar refractivity (Wildman–Crippen MR) is 139 cm³/mol. The number of rotatable bonds is 5. The Morgan fingerprint density at radius 1 is 1.06 bits per heavy atom. The van der Waals surface area contributed by atoms with Crippen molar-refractivity contribution in [2.75, 3.05) is 23.3 Å². The first kappa shape index (κ1) is 23.1. The van der Waals surface area contributed by atoms with Crippen molar-refractivity contribution in [2.45, 2.75) is 26.3 Å². The number of halogens is 1. The fourth-order valence-electron chi connectivity index (χ4n) is 4.51. The number of benzene rings is 2. The Bertz CT molecular complexity index is 1430. The topological polar surface area (TPSA) is 80.1 Å². The molecule has 0 atom stereocenters. The molecule has 3 heterocycles. The molecule has 178 valence electrons. The maximum atomic E-state index is 13.5. The van der Waals surface area contributed by atoms with Gasteiger partial charge in [0, 0.05) is 35.9 Å². The molecule has 0 unspecified atom stereocenters. The third kappa shape index (κ3) is 4.77. The van der Waals surface area contributed by atoms with Crippen molar-refractivity contribution in [2.24, 2.45) is 5.92 Å². The molecule has 0 spiro atoms. The number of nitrogens with zero attached hydrogens (tertiary/aromatic N) is 4. The SMILES string of the molecule is Cc1c(Cl)cccc1NC(=O)C1CCN(c2nc3cccnc3n(Cc3ccccc3)c2=O)CC1. The summed E-state index contributed by atoms with van der Waals surface area (Å²) in [6, 6.07) is 19.0. The van der Waals surface area contributed by atoms with Gasteiger partial charge >= 0.3 is 0 Å². The smallest absolute Gasteiger partial charge is 0.295 e. The van der Waals surface area contributed by atoms with Crippen LogP contribution < -0.4 is 15.8 Å². The van der Waals surface area contributed by atoms with Gasteiger partial charge in [0.15, 0.2) is 11.5 Å². The van der Waals surface area contributed by atoms with E-state index in [1.807, 2.05) is 72.5 Å². The van der Waals surface area contributed by atoms with Gasteiger partial charge in [0.05, 0.1) is 6.54 Å². The van der Waals surface area contributed by atoms with Crippen molar-refractivity contribution < 1.29 is 4.79 Å². The highest BCUT2D eigenvalue weighted by Gasteiger charge is 2.28. The van der Waals surface area contributed by atoms with Gasteiger partial charge in [0.1, 0.15) is 5.52 Å². The van der Waals surface area contributed by atoms with E-state index in [0.717, 1.165) is 16.8 Å². The Hall–Kier alpha value is -3.71. The van der Waals surface area contributed by atoms with Crippen LogP contribution in [0.4, 0.5) is 11.5 Å². The Morgan fingerprint density at radius 3 is 2.60 bits per heavy atom. The number of piperidine rings is 1. The summed E-state index contributed by atoms with van der Waals surface area (Å²) in [5.41, 5.74) is 3.68. The van der Waals surface area contributed by atoms with E-state index in [2.05, 4.69) is 15.3 Å². The van der Waals surface area contributed by atoms with Gasteiger partial charge in [0.2, 0.25) is 5.91 Å². The van der Waals surface area contributed by atoms with E-state index >= 15 is 0 Å². The van der Waals surface area contributed by atoms with Crippen molar-refractivity contribution in [3.05, 3.63) is 93.4 Å². The Labute approximate surface area is 208 Å². The van der Waals surface area contributed by atoms with Crippen LogP contribution in [-0.4, -0.2) is 33.5 Å². The zero-order chi connectivity index (χ0) is 24.4. The number of hydrogen-bond acceptors (Lipinski definition) is 5. The van der Waals surface area contributed by atoms with E-state index in [-0.39, 0.29) is 17.4 Å². The monoisotopic (exact) mass is 487 g/mol. The molecule has 2 aromatic carbocycles. The number of aromatic nitrogens is 3. The molecule has 1 aliphatic rings. The molecule has 0 bridgehead atoms. The van der Waals surface area contributed by atoms with Crippen LogP contribution in [0.2, 0.25) is 5.02 Å². The molecule has 2 aromatic heterocycles. The summed E-state index contributed by atoms with van der Waals surface area (Å²) < 4.78 is 1.69. The summed E-state index contributed by atoms with van der Waals surface area (Å²) >= 11 is 6.19. The van der Waals surface area contributed by atoms with Crippen LogP contribution in [-0.2, 0) is 11.3 Å². The summed E-state index contributed by atoms with van der Waals surface area (Å²) in [4.78, 5) is 37.5. The second-order valence-corrected chi connectivity index (χ2v) is 9.23. The quantitative estimate of drug-likeness (QED) is 0.443. The third-order valence-electron chi connectivity index (χ3n) is 6.56. The molecule has 5 rings (SSSR count). The summed E-state index contributed by atoms with van der Waals surface area (Å²) in [5, 5.41) is 3.64. The van der Waals surface area contributed by atoms with Crippen molar-refractivity contribution in [1.82, 2.24) is 14.5 Å². The van der Waals surface area contributed by atoms with E-state index in [4.69, 9.17) is 11.6 Å². The maximum absolute atomic E-state index is 13.5. The van der Waals surface area contributed by atoms with Crippen LogP contribution in [0.5, 0.6) is 0 Å². The number of fused-ring (bicyclic) bond motifs is 1. The molecular formula is C27H26ClN5O2. The lowest BCUT2D eigenvalue weighted by Gasteiger charge is -2.32. The molecule has 1 N–H and O–H groups in total. The fraction of sp³-hybridized carbons (Fsp3) is 0.259. The lowest BCUT2D eigenvalue weighted by atomic mass is 9.95. The van der Waals surface area contributed by atoms with Crippen molar-refractivity contribution in [3.8, 4) is 0 Å².